The Hall–Kier alpha value is -2.11. The number of ether oxygens (including phenoxy) is 1. The van der Waals surface area contributed by atoms with Crippen molar-refractivity contribution in [3.8, 4) is 0 Å². The molecule has 0 aliphatic carbocycles. The number of alkyl carbamates (subject to hydrolysis) is 1. The van der Waals surface area contributed by atoms with Crippen molar-refractivity contribution in [1.82, 2.24) is 5.32 Å². The fraction of sp³-hybridized carbons (Fsp3) is 0.467. The average molecular weight is 297 g/mol. The van der Waals surface area contributed by atoms with Gasteiger partial charge in [-0.3, -0.25) is 4.79 Å². The molecule has 0 fully saturated rings. The zero-order valence-corrected chi connectivity index (χ0v) is 12.4. The summed E-state index contributed by atoms with van der Waals surface area (Å²) in [5, 5.41) is 11.4. The number of halogens is 1. The molecule has 0 bridgehead atoms. The Kier molecular flexibility index (Phi) is 5.69. The minimum Gasteiger partial charge on any atom is -0.481 e. The van der Waals surface area contributed by atoms with Crippen LogP contribution in [0.1, 0.15) is 32.8 Å². The summed E-state index contributed by atoms with van der Waals surface area (Å²) in [7, 11) is 0. The van der Waals surface area contributed by atoms with Crippen LogP contribution in [0.5, 0.6) is 0 Å². The van der Waals surface area contributed by atoms with E-state index in [-0.39, 0.29) is 12.8 Å². The van der Waals surface area contributed by atoms with Crippen LogP contribution >= 0.6 is 0 Å². The van der Waals surface area contributed by atoms with Crippen LogP contribution in [0.2, 0.25) is 0 Å². The molecule has 6 heteroatoms. The van der Waals surface area contributed by atoms with Gasteiger partial charge in [-0.25, -0.2) is 9.18 Å². The zero-order valence-electron chi connectivity index (χ0n) is 12.4. The number of benzene rings is 1. The van der Waals surface area contributed by atoms with E-state index >= 15 is 0 Å². The van der Waals surface area contributed by atoms with Crippen molar-refractivity contribution in [3.05, 3.63) is 35.6 Å². The van der Waals surface area contributed by atoms with Crippen LogP contribution in [0.3, 0.4) is 0 Å². The fourth-order valence-electron chi connectivity index (χ4n) is 1.79. The number of aliphatic carboxylic acids is 1. The van der Waals surface area contributed by atoms with E-state index in [4.69, 9.17) is 9.84 Å². The molecule has 0 aromatic heterocycles. The minimum atomic E-state index is -1.08. The molecule has 1 aromatic carbocycles. The van der Waals surface area contributed by atoms with Crippen LogP contribution in [0.15, 0.2) is 24.3 Å². The third kappa shape index (κ3) is 6.74. The van der Waals surface area contributed by atoms with Gasteiger partial charge >= 0.3 is 12.1 Å². The van der Waals surface area contributed by atoms with Crippen molar-refractivity contribution in [2.24, 2.45) is 0 Å². The van der Waals surface area contributed by atoms with E-state index in [1.807, 2.05) is 0 Å². The van der Waals surface area contributed by atoms with Crippen LogP contribution < -0.4 is 5.32 Å². The summed E-state index contributed by atoms with van der Waals surface area (Å²) in [5.41, 5.74) is -0.338. The predicted octanol–water partition coefficient (Wildman–Crippen LogP) is 2.74. The molecule has 1 rings (SSSR count). The lowest BCUT2D eigenvalue weighted by Gasteiger charge is -2.23. The largest absolute Gasteiger partial charge is 0.481 e. The zero-order chi connectivity index (χ0) is 16.0. The topological polar surface area (TPSA) is 75.6 Å². The van der Waals surface area contributed by atoms with Crippen molar-refractivity contribution >= 4 is 12.1 Å². The molecule has 1 atom stereocenters. The van der Waals surface area contributed by atoms with Crippen LogP contribution in [0.4, 0.5) is 9.18 Å². The van der Waals surface area contributed by atoms with E-state index in [0.29, 0.717) is 5.56 Å². The molecule has 2 N–H and O–H groups in total. The number of carboxylic acids is 1. The van der Waals surface area contributed by atoms with E-state index < -0.39 is 29.5 Å². The van der Waals surface area contributed by atoms with Gasteiger partial charge in [-0.1, -0.05) is 18.2 Å². The third-order valence-electron chi connectivity index (χ3n) is 2.57. The second-order valence-electron chi connectivity index (χ2n) is 5.74. The highest BCUT2D eigenvalue weighted by molar-refractivity contribution is 5.71. The number of amides is 1. The molecule has 0 unspecified atom stereocenters. The normalized spacial score (nSPS) is 12.6. The van der Waals surface area contributed by atoms with Crippen molar-refractivity contribution < 1.29 is 23.8 Å². The Morgan fingerprint density at radius 2 is 1.95 bits per heavy atom. The molecule has 1 aromatic rings. The Labute approximate surface area is 123 Å². The van der Waals surface area contributed by atoms with E-state index in [2.05, 4.69) is 5.32 Å². The maximum atomic E-state index is 13.6. The Morgan fingerprint density at radius 3 is 2.48 bits per heavy atom. The lowest BCUT2D eigenvalue weighted by molar-refractivity contribution is -0.137. The first-order chi connectivity index (χ1) is 9.67. The number of nitrogens with one attached hydrogen (secondary N) is 1. The van der Waals surface area contributed by atoms with Gasteiger partial charge in [-0.15, -0.1) is 0 Å². The lowest BCUT2D eigenvalue weighted by Crippen LogP contribution is -2.41. The average Bonchev–Trinajstić information content (AvgIpc) is 2.28. The number of hydrogen-bond donors (Lipinski definition) is 2. The molecule has 1 amide bonds. The van der Waals surface area contributed by atoms with Gasteiger partial charge in [0.1, 0.15) is 11.4 Å². The summed E-state index contributed by atoms with van der Waals surface area (Å²) in [4.78, 5) is 22.6. The lowest BCUT2D eigenvalue weighted by atomic mass is 10.0. The molecule has 0 radical (unpaired) electrons. The summed E-state index contributed by atoms with van der Waals surface area (Å²) in [5.74, 6) is -1.51. The van der Waals surface area contributed by atoms with Gasteiger partial charge in [0.2, 0.25) is 0 Å². The molecule has 116 valence electrons. The number of hydrogen-bond acceptors (Lipinski definition) is 3. The molecule has 5 nitrogen and oxygen atoms in total. The van der Waals surface area contributed by atoms with Gasteiger partial charge in [-0.05, 0) is 38.8 Å². The number of carboxylic acid groups (broad SMARTS) is 1. The quantitative estimate of drug-likeness (QED) is 0.876. The van der Waals surface area contributed by atoms with Gasteiger partial charge < -0.3 is 15.2 Å². The Balaban J connectivity index is 2.75. The van der Waals surface area contributed by atoms with Crippen molar-refractivity contribution in [3.63, 3.8) is 0 Å². The van der Waals surface area contributed by atoms with Crippen LogP contribution in [0.25, 0.3) is 0 Å². The highest BCUT2D eigenvalue weighted by atomic mass is 19.1. The maximum Gasteiger partial charge on any atom is 0.407 e. The summed E-state index contributed by atoms with van der Waals surface area (Å²) in [6.45, 7) is 5.11. The third-order valence-corrected chi connectivity index (χ3v) is 2.57. The molecule has 0 aliphatic rings. The first kappa shape index (κ1) is 16.9. The fourth-order valence-corrected chi connectivity index (χ4v) is 1.79. The molecule has 0 saturated carbocycles. The molecular formula is C15H20FNO4. The summed E-state index contributed by atoms with van der Waals surface area (Å²) in [6, 6.07) is 5.31. The van der Waals surface area contributed by atoms with E-state index in [1.54, 1.807) is 39.0 Å². The van der Waals surface area contributed by atoms with Gasteiger partial charge in [-0.2, -0.15) is 0 Å². The number of carbonyl (C=O) groups is 2. The number of rotatable bonds is 5. The molecule has 0 saturated heterocycles. The first-order valence-electron chi connectivity index (χ1n) is 6.62. The molecular weight excluding hydrogens is 277 g/mol. The van der Waals surface area contributed by atoms with E-state index in [0.717, 1.165) is 0 Å². The molecule has 21 heavy (non-hydrogen) atoms. The summed E-state index contributed by atoms with van der Waals surface area (Å²) in [6.07, 6.45) is -0.948. The minimum absolute atomic E-state index is 0.0816. The molecule has 0 heterocycles. The Morgan fingerprint density at radius 1 is 1.33 bits per heavy atom. The smallest absolute Gasteiger partial charge is 0.407 e. The summed E-state index contributed by atoms with van der Waals surface area (Å²) >= 11 is 0. The predicted molar refractivity (Wildman–Crippen MR) is 75.5 cm³/mol. The highest BCUT2D eigenvalue weighted by Crippen LogP contribution is 2.12. The SMILES string of the molecule is CC(C)(C)OC(=O)N[C@H](CC(=O)O)Cc1ccccc1F. The number of carbonyl (C=O) groups excluding carboxylic acids is 1. The van der Waals surface area contributed by atoms with Crippen molar-refractivity contribution in [2.45, 2.75) is 45.3 Å². The van der Waals surface area contributed by atoms with Crippen LogP contribution in [-0.2, 0) is 16.0 Å². The van der Waals surface area contributed by atoms with Gasteiger partial charge in [0.15, 0.2) is 0 Å². The molecule has 0 aliphatic heterocycles. The Bertz CT molecular complexity index is 511. The van der Waals surface area contributed by atoms with Gasteiger partial charge in [0, 0.05) is 6.04 Å². The monoisotopic (exact) mass is 297 g/mol. The van der Waals surface area contributed by atoms with Crippen molar-refractivity contribution in [1.29, 1.82) is 0 Å². The highest BCUT2D eigenvalue weighted by Gasteiger charge is 2.22. The maximum absolute atomic E-state index is 13.6. The van der Waals surface area contributed by atoms with Gasteiger partial charge in [0.05, 0.1) is 6.42 Å². The van der Waals surface area contributed by atoms with Crippen LogP contribution in [0, 0.1) is 5.82 Å². The molecule has 0 spiro atoms. The van der Waals surface area contributed by atoms with Crippen molar-refractivity contribution in [2.75, 3.05) is 0 Å². The summed E-state index contributed by atoms with van der Waals surface area (Å²) < 4.78 is 18.7. The van der Waals surface area contributed by atoms with E-state index in [9.17, 15) is 14.0 Å². The van der Waals surface area contributed by atoms with E-state index in [1.165, 1.54) is 6.07 Å². The van der Waals surface area contributed by atoms with Crippen LogP contribution in [-0.4, -0.2) is 28.8 Å². The second-order valence-corrected chi connectivity index (χ2v) is 5.74. The standard InChI is InChI=1S/C15H20FNO4/c1-15(2,3)21-14(20)17-11(9-13(18)19)8-10-6-4-5-7-12(10)16/h4-7,11H,8-9H2,1-3H3,(H,17,20)(H,18,19)/t11-/m0/s1. The van der Waals surface area contributed by atoms with Gasteiger partial charge in [0.25, 0.3) is 0 Å². The second kappa shape index (κ2) is 7.06. The first-order valence-corrected chi connectivity index (χ1v) is 6.62.